The lowest BCUT2D eigenvalue weighted by atomic mass is 10.1. The van der Waals surface area contributed by atoms with Crippen molar-refractivity contribution in [1.29, 1.82) is 0 Å². The Kier molecular flexibility index (Phi) is 4.53. The number of furan rings is 1. The first kappa shape index (κ1) is 10.8. The topological polar surface area (TPSA) is 39.2 Å². The molecule has 0 saturated carbocycles. The fraction of sp³-hybridized carbons (Fsp3) is 0.600. The Morgan fingerprint density at radius 1 is 1.54 bits per heavy atom. The van der Waals surface area contributed by atoms with Gasteiger partial charge in [0.25, 0.3) is 0 Å². The van der Waals surface area contributed by atoms with E-state index in [0.29, 0.717) is 0 Å². The van der Waals surface area contributed by atoms with Crippen LogP contribution in [0.5, 0.6) is 0 Å². The van der Waals surface area contributed by atoms with Crippen LogP contribution in [0.4, 0.5) is 0 Å². The van der Waals surface area contributed by atoms with E-state index in [9.17, 15) is 0 Å². The van der Waals surface area contributed by atoms with Crippen LogP contribution in [-0.2, 0) is 0 Å². The van der Waals surface area contributed by atoms with Gasteiger partial charge in [-0.2, -0.15) is 0 Å². The summed E-state index contributed by atoms with van der Waals surface area (Å²) in [6, 6.07) is 1.92. The standard InChI is InChI=1S/C10H16BrNO/c1-2-3-4-5-9(12)10-8(11)6-7-13-10/h6-7,9H,2-5,12H2,1H3. The summed E-state index contributed by atoms with van der Waals surface area (Å²) < 4.78 is 6.27. The van der Waals surface area contributed by atoms with E-state index in [1.807, 2.05) is 6.07 Å². The average molecular weight is 246 g/mol. The van der Waals surface area contributed by atoms with Crippen LogP contribution in [0.25, 0.3) is 0 Å². The molecule has 0 spiro atoms. The largest absolute Gasteiger partial charge is 0.466 e. The fourth-order valence-corrected chi connectivity index (χ4v) is 1.81. The van der Waals surface area contributed by atoms with E-state index in [2.05, 4.69) is 22.9 Å². The quantitative estimate of drug-likeness (QED) is 0.806. The minimum absolute atomic E-state index is 0.0379. The molecule has 1 aromatic rings. The molecule has 3 heteroatoms. The van der Waals surface area contributed by atoms with Crippen molar-refractivity contribution in [3.05, 3.63) is 22.6 Å². The van der Waals surface area contributed by atoms with Gasteiger partial charge in [-0.15, -0.1) is 0 Å². The van der Waals surface area contributed by atoms with Crippen LogP contribution >= 0.6 is 15.9 Å². The molecule has 1 atom stereocenters. The Balaban J connectivity index is 2.39. The monoisotopic (exact) mass is 245 g/mol. The van der Waals surface area contributed by atoms with Gasteiger partial charge < -0.3 is 10.2 Å². The molecule has 0 aliphatic rings. The molecule has 0 amide bonds. The van der Waals surface area contributed by atoms with Gasteiger partial charge in [0.1, 0.15) is 5.76 Å². The Morgan fingerprint density at radius 2 is 2.31 bits per heavy atom. The average Bonchev–Trinajstić information content (AvgIpc) is 2.52. The maximum atomic E-state index is 5.96. The van der Waals surface area contributed by atoms with Crippen molar-refractivity contribution in [1.82, 2.24) is 0 Å². The van der Waals surface area contributed by atoms with Crippen molar-refractivity contribution in [2.45, 2.75) is 38.6 Å². The molecular weight excluding hydrogens is 230 g/mol. The molecule has 0 fully saturated rings. The van der Waals surface area contributed by atoms with E-state index < -0.39 is 0 Å². The van der Waals surface area contributed by atoms with Gasteiger partial charge in [-0.05, 0) is 28.4 Å². The SMILES string of the molecule is CCCCCC(N)c1occc1Br. The van der Waals surface area contributed by atoms with Crippen LogP contribution in [0, 0.1) is 0 Å². The molecule has 0 saturated heterocycles. The fourth-order valence-electron chi connectivity index (χ4n) is 1.32. The number of halogens is 1. The highest BCUT2D eigenvalue weighted by Gasteiger charge is 2.12. The second-order valence-electron chi connectivity index (χ2n) is 3.24. The van der Waals surface area contributed by atoms with Crippen LogP contribution in [0.2, 0.25) is 0 Å². The van der Waals surface area contributed by atoms with Crippen molar-refractivity contribution < 1.29 is 4.42 Å². The van der Waals surface area contributed by atoms with E-state index in [4.69, 9.17) is 10.2 Å². The van der Waals surface area contributed by atoms with E-state index in [-0.39, 0.29) is 6.04 Å². The molecule has 13 heavy (non-hydrogen) atoms. The zero-order valence-electron chi connectivity index (χ0n) is 7.92. The number of hydrogen-bond donors (Lipinski definition) is 1. The van der Waals surface area contributed by atoms with E-state index in [1.54, 1.807) is 6.26 Å². The third-order valence-corrected chi connectivity index (χ3v) is 2.76. The molecule has 0 aliphatic heterocycles. The summed E-state index contributed by atoms with van der Waals surface area (Å²) in [7, 11) is 0. The van der Waals surface area contributed by atoms with Gasteiger partial charge in [-0.3, -0.25) is 0 Å². The smallest absolute Gasteiger partial charge is 0.134 e. The summed E-state index contributed by atoms with van der Waals surface area (Å²) in [4.78, 5) is 0. The molecule has 0 aromatic carbocycles. The summed E-state index contributed by atoms with van der Waals surface area (Å²) in [6.07, 6.45) is 6.31. The summed E-state index contributed by atoms with van der Waals surface area (Å²) >= 11 is 3.40. The maximum Gasteiger partial charge on any atom is 0.134 e. The Hall–Kier alpha value is -0.280. The molecule has 1 aromatic heterocycles. The van der Waals surface area contributed by atoms with Gasteiger partial charge in [0, 0.05) is 0 Å². The third kappa shape index (κ3) is 3.16. The van der Waals surface area contributed by atoms with E-state index in [0.717, 1.165) is 16.7 Å². The van der Waals surface area contributed by atoms with Crippen LogP contribution < -0.4 is 5.73 Å². The van der Waals surface area contributed by atoms with Crippen LogP contribution in [0.15, 0.2) is 21.2 Å². The lowest BCUT2D eigenvalue weighted by molar-refractivity contribution is 0.439. The zero-order chi connectivity index (χ0) is 9.68. The van der Waals surface area contributed by atoms with Crippen molar-refractivity contribution in [3.8, 4) is 0 Å². The van der Waals surface area contributed by atoms with Gasteiger partial charge >= 0.3 is 0 Å². The first-order valence-electron chi connectivity index (χ1n) is 4.74. The Labute approximate surface area is 87.6 Å². The normalized spacial score (nSPS) is 13.2. The minimum Gasteiger partial charge on any atom is -0.466 e. The molecule has 2 nitrogen and oxygen atoms in total. The Bertz CT molecular complexity index is 247. The van der Waals surface area contributed by atoms with Gasteiger partial charge in [0.15, 0.2) is 0 Å². The molecule has 74 valence electrons. The van der Waals surface area contributed by atoms with Crippen molar-refractivity contribution in [2.24, 2.45) is 5.73 Å². The van der Waals surface area contributed by atoms with Gasteiger partial charge in [0.05, 0.1) is 16.8 Å². The maximum absolute atomic E-state index is 5.96. The summed E-state index contributed by atoms with van der Waals surface area (Å²) in [5.41, 5.74) is 5.96. The van der Waals surface area contributed by atoms with Gasteiger partial charge in [-0.25, -0.2) is 0 Å². The van der Waals surface area contributed by atoms with E-state index >= 15 is 0 Å². The lowest BCUT2D eigenvalue weighted by Gasteiger charge is -2.08. The molecule has 2 N–H and O–H groups in total. The molecule has 0 bridgehead atoms. The minimum atomic E-state index is 0.0379. The highest BCUT2D eigenvalue weighted by Crippen LogP contribution is 2.26. The highest BCUT2D eigenvalue weighted by atomic mass is 79.9. The zero-order valence-corrected chi connectivity index (χ0v) is 9.51. The van der Waals surface area contributed by atoms with Gasteiger partial charge in [-0.1, -0.05) is 26.2 Å². The van der Waals surface area contributed by atoms with E-state index in [1.165, 1.54) is 19.3 Å². The molecular formula is C10H16BrNO. The molecule has 1 heterocycles. The number of nitrogens with two attached hydrogens (primary N) is 1. The van der Waals surface area contributed by atoms with Crippen LogP contribution in [0.3, 0.4) is 0 Å². The van der Waals surface area contributed by atoms with Crippen LogP contribution in [-0.4, -0.2) is 0 Å². The third-order valence-electron chi connectivity index (χ3n) is 2.10. The first-order valence-corrected chi connectivity index (χ1v) is 5.53. The summed E-state index contributed by atoms with van der Waals surface area (Å²) in [5, 5.41) is 0. The summed E-state index contributed by atoms with van der Waals surface area (Å²) in [6.45, 7) is 2.19. The predicted molar refractivity (Wildman–Crippen MR) is 57.5 cm³/mol. The first-order chi connectivity index (χ1) is 6.25. The molecule has 0 radical (unpaired) electrons. The number of rotatable bonds is 5. The molecule has 1 unspecified atom stereocenters. The van der Waals surface area contributed by atoms with Crippen LogP contribution in [0.1, 0.15) is 44.4 Å². The molecule has 1 rings (SSSR count). The second-order valence-corrected chi connectivity index (χ2v) is 4.09. The van der Waals surface area contributed by atoms with Crippen molar-refractivity contribution >= 4 is 15.9 Å². The highest BCUT2D eigenvalue weighted by molar-refractivity contribution is 9.10. The Morgan fingerprint density at radius 3 is 2.85 bits per heavy atom. The summed E-state index contributed by atoms with van der Waals surface area (Å²) in [5.74, 6) is 0.871. The van der Waals surface area contributed by atoms with Crippen molar-refractivity contribution in [3.63, 3.8) is 0 Å². The van der Waals surface area contributed by atoms with Crippen molar-refractivity contribution in [2.75, 3.05) is 0 Å². The lowest BCUT2D eigenvalue weighted by Crippen LogP contribution is -2.09. The number of hydrogen-bond acceptors (Lipinski definition) is 2. The predicted octanol–water partition coefficient (Wildman–Crippen LogP) is 3.62. The van der Waals surface area contributed by atoms with Gasteiger partial charge in [0.2, 0.25) is 0 Å². The molecule has 0 aliphatic carbocycles. The number of unbranched alkanes of at least 4 members (excludes halogenated alkanes) is 2. The second kappa shape index (κ2) is 5.45.